The summed E-state index contributed by atoms with van der Waals surface area (Å²) in [5.74, 6) is 0. The van der Waals surface area contributed by atoms with E-state index < -0.39 is 0 Å². The maximum atomic E-state index is 6.46. The van der Waals surface area contributed by atoms with Gasteiger partial charge in [0.1, 0.15) is 0 Å². The summed E-state index contributed by atoms with van der Waals surface area (Å²) >= 11 is 0. The molecule has 148 valence electrons. The van der Waals surface area contributed by atoms with Gasteiger partial charge >= 0.3 is 0 Å². The van der Waals surface area contributed by atoms with E-state index in [9.17, 15) is 0 Å². The second kappa shape index (κ2) is 9.16. The zero-order chi connectivity index (χ0) is 20.3. The van der Waals surface area contributed by atoms with Crippen molar-refractivity contribution in [2.24, 2.45) is 0 Å². The van der Waals surface area contributed by atoms with Gasteiger partial charge in [0.05, 0.1) is 25.2 Å². The van der Waals surface area contributed by atoms with Crippen molar-refractivity contribution in [1.82, 2.24) is 0 Å². The second-order valence-corrected chi connectivity index (χ2v) is 14.7. The van der Waals surface area contributed by atoms with Crippen LogP contribution in [0.3, 0.4) is 0 Å². The molecule has 0 fully saturated rings. The third kappa shape index (κ3) is 8.85. The molecule has 0 bridgehead atoms. The van der Waals surface area contributed by atoms with Gasteiger partial charge in [-0.15, -0.1) is 0 Å². The van der Waals surface area contributed by atoms with Crippen molar-refractivity contribution in [2.45, 2.75) is 116 Å². The third-order valence-corrected chi connectivity index (χ3v) is 9.26. The number of hydrogen-bond acceptors (Lipinski definition) is 3. The van der Waals surface area contributed by atoms with Crippen molar-refractivity contribution in [1.29, 1.82) is 0 Å². The molecule has 0 saturated heterocycles. The molecule has 0 heterocycles. The van der Waals surface area contributed by atoms with Gasteiger partial charge in [-0.2, -0.15) is 0 Å². The van der Waals surface area contributed by atoms with E-state index in [2.05, 4.69) is 69.2 Å². The number of hydrogen-bond donors (Lipinski definition) is 0. The molecular formula is C18H40BO3P3. The van der Waals surface area contributed by atoms with Crippen molar-refractivity contribution in [3.8, 4) is 0 Å². The fraction of sp³-hybridized carbons (Fsp3) is 1.00. The Hall–Kier alpha value is 1.23. The van der Waals surface area contributed by atoms with E-state index in [-0.39, 0.29) is 41.5 Å². The van der Waals surface area contributed by atoms with Crippen molar-refractivity contribution >= 4 is 34.3 Å². The maximum Gasteiger partial charge on any atom is 0.0829 e. The SMILES string of the molecule is [B]C(C)(C)POC(C)(C)C(C)(C)POC(C)(C)C(C)(C)POC(C)C. The normalized spacial score (nSPS) is 16.5. The van der Waals surface area contributed by atoms with E-state index in [1.54, 1.807) is 0 Å². The molecule has 0 spiro atoms. The highest BCUT2D eigenvalue weighted by Gasteiger charge is 2.44. The topological polar surface area (TPSA) is 27.7 Å². The summed E-state index contributed by atoms with van der Waals surface area (Å²) in [7, 11) is 7.05. The fourth-order valence-electron chi connectivity index (χ4n) is 1.28. The van der Waals surface area contributed by atoms with Gasteiger partial charge in [-0.05, 0) is 46.6 Å². The Morgan fingerprint density at radius 2 is 1.00 bits per heavy atom. The molecule has 0 aliphatic carbocycles. The lowest BCUT2D eigenvalue weighted by atomic mass is 9.91. The molecule has 3 atom stereocenters. The molecule has 0 aromatic carbocycles. The Kier molecular flexibility index (Phi) is 9.61. The van der Waals surface area contributed by atoms with Crippen LogP contribution in [0, 0.1) is 0 Å². The molecular weight excluding hydrogens is 368 g/mol. The molecule has 0 aromatic rings. The van der Waals surface area contributed by atoms with Crippen molar-refractivity contribution in [3.63, 3.8) is 0 Å². The first-order chi connectivity index (χ1) is 10.8. The lowest BCUT2D eigenvalue weighted by molar-refractivity contribution is 0.0609. The minimum atomic E-state index is -0.322. The second-order valence-electron chi connectivity index (χ2n) is 9.67. The summed E-state index contributed by atoms with van der Waals surface area (Å²) in [5, 5.41) is -0.499. The quantitative estimate of drug-likeness (QED) is 0.299. The first-order valence-corrected chi connectivity index (χ1v) is 11.7. The molecule has 3 unspecified atom stereocenters. The first-order valence-electron chi connectivity index (χ1n) is 8.95. The van der Waals surface area contributed by atoms with Gasteiger partial charge in [0, 0.05) is 36.7 Å². The Morgan fingerprint density at radius 1 is 0.640 bits per heavy atom. The van der Waals surface area contributed by atoms with Gasteiger partial charge in [-0.3, -0.25) is 0 Å². The van der Waals surface area contributed by atoms with Gasteiger partial charge in [-0.1, -0.05) is 41.5 Å². The predicted molar refractivity (Wildman–Crippen MR) is 119 cm³/mol. The Labute approximate surface area is 163 Å². The molecule has 0 aliphatic rings. The third-order valence-electron chi connectivity index (χ3n) is 4.69. The van der Waals surface area contributed by atoms with Gasteiger partial charge < -0.3 is 13.6 Å². The molecule has 25 heavy (non-hydrogen) atoms. The van der Waals surface area contributed by atoms with Gasteiger partial charge in [-0.25, -0.2) is 0 Å². The lowest BCUT2D eigenvalue weighted by Gasteiger charge is -2.46. The van der Waals surface area contributed by atoms with Crippen LogP contribution in [0.1, 0.15) is 83.1 Å². The van der Waals surface area contributed by atoms with Crippen LogP contribution in [0.2, 0.25) is 0 Å². The molecule has 0 N–H and O–H groups in total. The zero-order valence-electron chi connectivity index (χ0n) is 18.4. The Balaban J connectivity index is 4.93. The first kappa shape index (κ1) is 26.2. The van der Waals surface area contributed by atoms with Crippen LogP contribution in [0.4, 0.5) is 0 Å². The molecule has 0 aromatic heterocycles. The Morgan fingerprint density at radius 3 is 1.36 bits per heavy atom. The van der Waals surface area contributed by atoms with Crippen LogP contribution in [-0.4, -0.2) is 40.5 Å². The van der Waals surface area contributed by atoms with Crippen LogP contribution in [0.5, 0.6) is 0 Å². The van der Waals surface area contributed by atoms with E-state index in [1.165, 1.54) is 0 Å². The molecule has 0 rings (SSSR count). The zero-order valence-corrected chi connectivity index (χ0v) is 21.4. The van der Waals surface area contributed by atoms with Crippen molar-refractivity contribution < 1.29 is 13.6 Å². The highest BCUT2D eigenvalue weighted by Crippen LogP contribution is 2.52. The minimum Gasteiger partial charge on any atom is -0.359 e. The fourth-order valence-corrected chi connectivity index (χ4v) is 4.15. The predicted octanol–water partition coefficient (Wildman–Crippen LogP) is 6.24. The summed E-state index contributed by atoms with van der Waals surface area (Å²) in [6.45, 7) is 25.5. The van der Waals surface area contributed by atoms with Crippen LogP contribution < -0.4 is 0 Å². The van der Waals surface area contributed by atoms with Gasteiger partial charge in [0.15, 0.2) is 0 Å². The molecule has 7 heteroatoms. The van der Waals surface area contributed by atoms with Gasteiger partial charge in [0.2, 0.25) is 0 Å². The average molecular weight is 408 g/mol. The van der Waals surface area contributed by atoms with E-state index in [1.807, 2.05) is 13.8 Å². The Bertz CT molecular complexity index is 416. The summed E-state index contributed by atoms with van der Waals surface area (Å²) in [6.07, 6.45) is 0.236. The summed E-state index contributed by atoms with van der Waals surface area (Å²) < 4.78 is 18.5. The molecule has 0 amide bonds. The monoisotopic (exact) mass is 408 g/mol. The number of rotatable bonds is 11. The van der Waals surface area contributed by atoms with Crippen LogP contribution in [-0.2, 0) is 13.6 Å². The molecule has 0 saturated carbocycles. The smallest absolute Gasteiger partial charge is 0.0829 e. The summed E-state index contributed by atoms with van der Waals surface area (Å²) in [4.78, 5) is 0. The molecule has 0 aliphatic heterocycles. The van der Waals surface area contributed by atoms with Gasteiger partial charge in [0.25, 0.3) is 0 Å². The average Bonchev–Trinajstić information content (AvgIpc) is 2.40. The largest absolute Gasteiger partial charge is 0.359 e. The molecule has 3 nitrogen and oxygen atoms in total. The van der Waals surface area contributed by atoms with E-state index >= 15 is 0 Å². The van der Waals surface area contributed by atoms with Crippen LogP contribution >= 0.6 is 26.4 Å². The highest BCUT2D eigenvalue weighted by atomic mass is 31.1. The highest BCUT2D eigenvalue weighted by molar-refractivity contribution is 7.37. The maximum absolute atomic E-state index is 6.46. The van der Waals surface area contributed by atoms with Crippen LogP contribution in [0.25, 0.3) is 0 Å². The van der Waals surface area contributed by atoms with Crippen LogP contribution in [0.15, 0.2) is 0 Å². The summed E-state index contributed by atoms with van der Waals surface area (Å²) in [5.41, 5.74) is -0.612. The van der Waals surface area contributed by atoms with E-state index in [0.717, 1.165) is 0 Å². The van der Waals surface area contributed by atoms with E-state index in [4.69, 9.17) is 21.4 Å². The van der Waals surface area contributed by atoms with Crippen molar-refractivity contribution in [2.75, 3.05) is 0 Å². The molecule has 2 radical (unpaired) electrons. The minimum absolute atomic E-state index is 0.0631. The lowest BCUT2D eigenvalue weighted by Crippen LogP contribution is -2.47. The van der Waals surface area contributed by atoms with Crippen molar-refractivity contribution in [3.05, 3.63) is 0 Å². The summed E-state index contributed by atoms with van der Waals surface area (Å²) in [6, 6.07) is 0. The van der Waals surface area contributed by atoms with E-state index in [0.29, 0.717) is 17.6 Å². The standard InChI is InChI=1S/C18H40BO3P3/c1-13(2)20-23-16(7,8)14(3,4)21-24-17(9,10)15(5,6)22-25-18(11,12)19/h13,23-25H,1-12H3.